The summed E-state index contributed by atoms with van der Waals surface area (Å²) in [6.07, 6.45) is 5.72. The molecule has 3 aromatic heterocycles. The highest BCUT2D eigenvalue weighted by Crippen LogP contribution is 2.30. The Balaban J connectivity index is 1.37. The fraction of sp³-hybridized carbons (Fsp3) is 0.273. The molecule has 0 bridgehead atoms. The summed E-state index contributed by atoms with van der Waals surface area (Å²) in [4.78, 5) is 16.6. The van der Waals surface area contributed by atoms with Crippen LogP contribution in [-0.4, -0.2) is 25.5 Å². The van der Waals surface area contributed by atoms with Gasteiger partial charge in [-0.15, -0.1) is 0 Å². The smallest absolute Gasteiger partial charge is 0.159 e. The number of aryl methyl sites for hydroxylation is 2. The van der Waals surface area contributed by atoms with Crippen LogP contribution in [-0.2, 0) is 24.1 Å². The molecule has 0 unspecified atom stereocenters. The minimum absolute atomic E-state index is 0.232. The molecule has 6 heteroatoms. The van der Waals surface area contributed by atoms with Crippen LogP contribution in [0.2, 0.25) is 0 Å². The maximum absolute atomic E-state index is 12.1. The molecule has 1 fully saturated rings. The van der Waals surface area contributed by atoms with Crippen molar-refractivity contribution in [3.05, 3.63) is 71.9 Å². The lowest BCUT2D eigenvalue weighted by molar-refractivity contribution is -0.119. The molecule has 0 aliphatic heterocycles. The minimum Gasteiger partial charge on any atom is -0.365 e. The Hall–Kier alpha value is -3.28. The van der Waals surface area contributed by atoms with Crippen LogP contribution >= 0.6 is 0 Å². The third kappa shape index (κ3) is 3.45. The summed E-state index contributed by atoms with van der Waals surface area (Å²) in [5.74, 6) is 1.10. The number of carbonyl (C=O) groups is 1. The average Bonchev–Trinajstić information content (AvgIpc) is 3.28. The number of aromatic nitrogens is 4. The van der Waals surface area contributed by atoms with E-state index in [4.69, 9.17) is 4.52 Å². The van der Waals surface area contributed by atoms with E-state index in [-0.39, 0.29) is 11.7 Å². The van der Waals surface area contributed by atoms with Crippen LogP contribution in [0.4, 0.5) is 0 Å². The summed E-state index contributed by atoms with van der Waals surface area (Å²) in [5, 5.41) is 8.55. The molecule has 0 radical (unpaired) electrons. The number of benzene rings is 1. The van der Waals surface area contributed by atoms with E-state index in [0.29, 0.717) is 12.2 Å². The van der Waals surface area contributed by atoms with Crippen molar-refractivity contribution in [2.24, 2.45) is 5.92 Å². The van der Waals surface area contributed by atoms with Gasteiger partial charge in [-0.05, 0) is 43.4 Å². The number of pyridine rings is 1. The van der Waals surface area contributed by atoms with Crippen molar-refractivity contribution in [2.75, 3.05) is 0 Å². The molecule has 4 aromatic rings. The van der Waals surface area contributed by atoms with Gasteiger partial charge >= 0.3 is 0 Å². The first-order valence-electron chi connectivity index (χ1n) is 9.62. The van der Waals surface area contributed by atoms with Crippen LogP contribution in [0.5, 0.6) is 0 Å². The third-order valence-corrected chi connectivity index (χ3v) is 5.18. The zero-order valence-electron chi connectivity index (χ0n) is 15.4. The molecular weight excluding hydrogens is 352 g/mol. The van der Waals surface area contributed by atoms with Gasteiger partial charge in [-0.3, -0.25) is 4.79 Å². The van der Waals surface area contributed by atoms with E-state index in [9.17, 15) is 4.79 Å². The number of hydrogen-bond acceptors (Lipinski definition) is 5. The first-order valence-corrected chi connectivity index (χ1v) is 9.62. The van der Waals surface area contributed by atoms with Crippen LogP contribution < -0.4 is 0 Å². The summed E-state index contributed by atoms with van der Waals surface area (Å²) in [7, 11) is 0. The van der Waals surface area contributed by atoms with Crippen LogP contribution in [0.25, 0.3) is 16.9 Å². The van der Waals surface area contributed by atoms with Gasteiger partial charge in [0.15, 0.2) is 11.5 Å². The fourth-order valence-electron chi connectivity index (χ4n) is 3.43. The standard InChI is InChI=1S/C22H20N4O2/c27-20(17-9-10-17)14-21-23-22-3-1-2-19(26(22)24-21)16-7-4-15(5-8-16)6-11-18-12-13-28-25-18/h1-5,7-8,12-13,17H,6,9-11,14H2. The largest absolute Gasteiger partial charge is 0.365 e. The predicted molar refractivity (Wildman–Crippen MR) is 104 cm³/mol. The van der Waals surface area contributed by atoms with Gasteiger partial charge in [-0.1, -0.05) is 35.5 Å². The zero-order chi connectivity index (χ0) is 18.9. The quantitative estimate of drug-likeness (QED) is 0.495. The van der Waals surface area contributed by atoms with Crippen molar-refractivity contribution in [2.45, 2.75) is 32.1 Å². The normalized spacial score (nSPS) is 13.9. The number of Topliss-reactive ketones (excluding diaryl/α,β-unsaturated/α-hetero) is 1. The van der Waals surface area contributed by atoms with E-state index in [1.807, 2.05) is 28.8 Å². The first kappa shape index (κ1) is 16.9. The van der Waals surface area contributed by atoms with Crippen LogP contribution in [0.1, 0.15) is 29.9 Å². The van der Waals surface area contributed by atoms with Crippen molar-refractivity contribution in [1.29, 1.82) is 0 Å². The molecule has 0 amide bonds. The van der Waals surface area contributed by atoms with Crippen molar-refractivity contribution < 1.29 is 9.32 Å². The van der Waals surface area contributed by atoms with Gasteiger partial charge in [0.05, 0.1) is 17.8 Å². The highest BCUT2D eigenvalue weighted by Gasteiger charge is 2.30. The summed E-state index contributed by atoms with van der Waals surface area (Å²) in [6, 6.07) is 16.3. The van der Waals surface area contributed by atoms with Gasteiger partial charge in [-0.25, -0.2) is 9.50 Å². The number of fused-ring (bicyclic) bond motifs is 1. The second kappa shape index (κ2) is 7.03. The lowest BCUT2D eigenvalue weighted by atomic mass is 10.0. The van der Waals surface area contributed by atoms with Crippen LogP contribution in [0.3, 0.4) is 0 Å². The Labute approximate surface area is 162 Å². The number of carbonyl (C=O) groups excluding carboxylic acids is 1. The van der Waals surface area contributed by atoms with Gasteiger partial charge in [0.1, 0.15) is 12.0 Å². The summed E-state index contributed by atoms with van der Waals surface area (Å²) >= 11 is 0. The molecule has 3 heterocycles. The fourth-order valence-corrected chi connectivity index (χ4v) is 3.43. The van der Waals surface area contributed by atoms with E-state index in [1.54, 1.807) is 6.26 Å². The van der Waals surface area contributed by atoms with Crippen molar-refractivity contribution in [3.63, 3.8) is 0 Å². The highest BCUT2D eigenvalue weighted by atomic mass is 16.5. The molecule has 0 saturated heterocycles. The van der Waals surface area contributed by atoms with Crippen molar-refractivity contribution in [3.8, 4) is 11.3 Å². The predicted octanol–water partition coefficient (Wildman–Crippen LogP) is 3.69. The Kier molecular flexibility index (Phi) is 4.24. The Morgan fingerprint density at radius 2 is 1.93 bits per heavy atom. The Morgan fingerprint density at radius 3 is 2.68 bits per heavy atom. The van der Waals surface area contributed by atoms with Crippen LogP contribution in [0.15, 0.2) is 59.3 Å². The molecule has 0 spiro atoms. The molecule has 1 aromatic carbocycles. The third-order valence-electron chi connectivity index (χ3n) is 5.18. The maximum atomic E-state index is 12.1. The van der Waals surface area contributed by atoms with Gasteiger partial charge in [0.25, 0.3) is 0 Å². The molecule has 0 atom stereocenters. The van der Waals surface area contributed by atoms with E-state index in [1.165, 1.54) is 5.56 Å². The number of ketones is 1. The Morgan fingerprint density at radius 1 is 1.07 bits per heavy atom. The monoisotopic (exact) mass is 372 g/mol. The Bertz CT molecular complexity index is 1110. The molecular formula is C22H20N4O2. The molecule has 6 nitrogen and oxygen atoms in total. The molecule has 28 heavy (non-hydrogen) atoms. The van der Waals surface area contributed by atoms with E-state index < -0.39 is 0 Å². The first-order chi connectivity index (χ1) is 13.8. The average molecular weight is 372 g/mol. The number of hydrogen-bond donors (Lipinski definition) is 0. The van der Waals surface area contributed by atoms with E-state index in [0.717, 1.165) is 48.3 Å². The van der Waals surface area contributed by atoms with Gasteiger partial charge in [0, 0.05) is 17.5 Å². The summed E-state index contributed by atoms with van der Waals surface area (Å²) < 4.78 is 6.71. The molecule has 1 aliphatic rings. The maximum Gasteiger partial charge on any atom is 0.159 e. The van der Waals surface area contributed by atoms with E-state index in [2.05, 4.69) is 39.5 Å². The van der Waals surface area contributed by atoms with Gasteiger partial charge < -0.3 is 4.52 Å². The zero-order valence-corrected chi connectivity index (χ0v) is 15.4. The van der Waals surface area contributed by atoms with Crippen molar-refractivity contribution >= 4 is 11.4 Å². The van der Waals surface area contributed by atoms with Crippen molar-refractivity contribution in [1.82, 2.24) is 19.8 Å². The lowest BCUT2D eigenvalue weighted by Crippen LogP contribution is -2.06. The number of rotatable bonds is 7. The summed E-state index contributed by atoms with van der Waals surface area (Å²) in [6.45, 7) is 0. The molecule has 140 valence electrons. The molecule has 1 aliphatic carbocycles. The van der Waals surface area contributed by atoms with E-state index >= 15 is 0 Å². The highest BCUT2D eigenvalue weighted by molar-refractivity contribution is 5.84. The van der Waals surface area contributed by atoms with Gasteiger partial charge in [-0.2, -0.15) is 5.10 Å². The lowest BCUT2D eigenvalue weighted by Gasteiger charge is -2.06. The van der Waals surface area contributed by atoms with Crippen LogP contribution in [0, 0.1) is 5.92 Å². The minimum atomic E-state index is 0.232. The SMILES string of the molecule is O=C(Cc1nc2cccc(-c3ccc(CCc4ccon4)cc3)n2n1)C1CC1. The second-order valence-electron chi connectivity index (χ2n) is 7.31. The number of nitrogens with zero attached hydrogens (tertiary/aromatic N) is 4. The molecule has 1 saturated carbocycles. The molecule has 0 N–H and O–H groups in total. The van der Waals surface area contributed by atoms with Gasteiger partial charge in [0.2, 0.25) is 0 Å². The molecule has 5 rings (SSSR count). The summed E-state index contributed by atoms with van der Waals surface area (Å²) in [5.41, 5.74) is 5.02. The topological polar surface area (TPSA) is 73.3 Å². The second-order valence-corrected chi connectivity index (χ2v) is 7.31.